The Balaban J connectivity index is 0.898. The van der Waals surface area contributed by atoms with Crippen molar-refractivity contribution in [2.75, 3.05) is 0 Å². The third kappa shape index (κ3) is 5.23. The van der Waals surface area contributed by atoms with Crippen LogP contribution in [-0.2, 0) is 5.41 Å². The zero-order valence-electron chi connectivity index (χ0n) is 35.9. The minimum atomic E-state index is -0.0714. The van der Waals surface area contributed by atoms with Crippen molar-refractivity contribution in [2.45, 2.75) is 19.3 Å². The van der Waals surface area contributed by atoms with E-state index in [4.69, 9.17) is 8.83 Å². The van der Waals surface area contributed by atoms with Crippen molar-refractivity contribution in [2.24, 2.45) is 0 Å². The highest BCUT2D eigenvalue weighted by atomic mass is 16.3. The van der Waals surface area contributed by atoms with E-state index in [1.54, 1.807) is 0 Å². The summed E-state index contributed by atoms with van der Waals surface area (Å²) in [4.78, 5) is 0. The van der Waals surface area contributed by atoms with Gasteiger partial charge in [-0.15, -0.1) is 0 Å². The summed E-state index contributed by atoms with van der Waals surface area (Å²) in [5.41, 5.74) is 18.5. The molecular formula is C63H40O2. The molecule has 14 rings (SSSR count). The molecule has 65 heavy (non-hydrogen) atoms. The van der Waals surface area contributed by atoms with Gasteiger partial charge in [0, 0.05) is 32.5 Å². The van der Waals surface area contributed by atoms with Gasteiger partial charge in [-0.1, -0.05) is 184 Å². The largest absolute Gasteiger partial charge is 0.456 e. The van der Waals surface area contributed by atoms with Crippen molar-refractivity contribution in [3.63, 3.8) is 0 Å². The summed E-state index contributed by atoms with van der Waals surface area (Å²) >= 11 is 0. The van der Waals surface area contributed by atoms with Crippen LogP contribution in [0.15, 0.2) is 215 Å². The Labute approximate surface area is 375 Å². The molecule has 1 aliphatic rings. The predicted octanol–water partition coefficient (Wildman–Crippen LogP) is 17.9. The number of para-hydroxylation sites is 2. The number of furan rings is 2. The van der Waals surface area contributed by atoms with Crippen LogP contribution in [0.5, 0.6) is 0 Å². The van der Waals surface area contributed by atoms with Crippen LogP contribution >= 0.6 is 0 Å². The zero-order chi connectivity index (χ0) is 43.0. The van der Waals surface area contributed by atoms with Gasteiger partial charge in [0.2, 0.25) is 0 Å². The molecule has 0 N–H and O–H groups in total. The fraction of sp³-hybridized carbons (Fsp3) is 0.0476. The van der Waals surface area contributed by atoms with Crippen LogP contribution in [0.25, 0.3) is 132 Å². The van der Waals surface area contributed by atoms with Crippen molar-refractivity contribution < 1.29 is 8.83 Å². The second-order valence-electron chi connectivity index (χ2n) is 18.3. The lowest BCUT2D eigenvalue weighted by Crippen LogP contribution is -2.14. The van der Waals surface area contributed by atoms with E-state index in [-0.39, 0.29) is 5.41 Å². The minimum Gasteiger partial charge on any atom is -0.456 e. The summed E-state index contributed by atoms with van der Waals surface area (Å²) in [6, 6.07) is 75.4. The summed E-state index contributed by atoms with van der Waals surface area (Å²) in [7, 11) is 0. The van der Waals surface area contributed by atoms with Crippen LogP contribution in [0.1, 0.15) is 25.0 Å². The van der Waals surface area contributed by atoms with Gasteiger partial charge in [0.05, 0.1) is 0 Å². The lowest BCUT2D eigenvalue weighted by molar-refractivity contribution is 0.661. The molecule has 2 aromatic heterocycles. The van der Waals surface area contributed by atoms with Crippen LogP contribution in [0, 0.1) is 0 Å². The number of hydrogen-bond acceptors (Lipinski definition) is 2. The Morgan fingerprint density at radius 2 is 0.800 bits per heavy atom. The fourth-order valence-electron chi connectivity index (χ4n) is 11.4. The first-order valence-electron chi connectivity index (χ1n) is 22.6. The highest BCUT2D eigenvalue weighted by Crippen LogP contribution is 2.53. The Morgan fingerprint density at radius 1 is 0.292 bits per heavy atom. The van der Waals surface area contributed by atoms with Gasteiger partial charge in [-0.2, -0.15) is 0 Å². The van der Waals surface area contributed by atoms with Crippen molar-refractivity contribution in [1.29, 1.82) is 0 Å². The van der Waals surface area contributed by atoms with Crippen LogP contribution in [-0.4, -0.2) is 0 Å². The van der Waals surface area contributed by atoms with Gasteiger partial charge in [-0.3, -0.25) is 0 Å². The first kappa shape index (κ1) is 36.3. The maximum atomic E-state index is 6.56. The monoisotopic (exact) mass is 828 g/mol. The molecule has 2 nitrogen and oxygen atoms in total. The molecule has 13 aromatic rings. The molecule has 0 radical (unpaired) electrons. The molecule has 2 heterocycles. The molecule has 0 spiro atoms. The Kier molecular flexibility index (Phi) is 7.49. The van der Waals surface area contributed by atoms with Gasteiger partial charge in [0.1, 0.15) is 22.3 Å². The predicted molar refractivity (Wildman–Crippen MR) is 273 cm³/mol. The quantitative estimate of drug-likeness (QED) is 0.165. The fourth-order valence-corrected chi connectivity index (χ4v) is 11.4. The molecule has 0 bridgehead atoms. The number of rotatable bonds is 4. The van der Waals surface area contributed by atoms with Crippen LogP contribution < -0.4 is 0 Å². The van der Waals surface area contributed by atoms with Gasteiger partial charge in [-0.05, 0) is 130 Å². The third-order valence-electron chi connectivity index (χ3n) is 14.5. The molecule has 304 valence electrons. The molecule has 0 saturated carbocycles. The van der Waals surface area contributed by atoms with E-state index >= 15 is 0 Å². The van der Waals surface area contributed by atoms with Gasteiger partial charge in [0.15, 0.2) is 0 Å². The van der Waals surface area contributed by atoms with Crippen molar-refractivity contribution in [3.8, 4) is 55.6 Å². The van der Waals surface area contributed by atoms with Crippen LogP contribution in [0.2, 0.25) is 0 Å². The number of benzene rings is 11. The lowest BCUT2D eigenvalue weighted by Gasteiger charge is -2.21. The summed E-state index contributed by atoms with van der Waals surface area (Å²) < 4.78 is 13.0. The highest BCUT2D eigenvalue weighted by Gasteiger charge is 2.36. The standard InChI is InChI=1S/C63H40O2/c1-63(2)54-30-27-40(35-53(54)61-43-13-4-3-12-37(43)26-31-55(61)63)41-28-32-57-51(34-41)52-36-42(29-33-58(52)64-57)60-48-17-7-5-15-46(48)59(47-16-6-8-18-49(47)60)39-24-22-38(23-25-39)44-19-11-20-50-45-14-9-10-21-56(45)65-62(44)50/h3-36H,1-2H3. The van der Waals surface area contributed by atoms with Gasteiger partial charge < -0.3 is 8.83 Å². The Hall–Kier alpha value is -8.20. The van der Waals surface area contributed by atoms with Crippen LogP contribution in [0.4, 0.5) is 0 Å². The van der Waals surface area contributed by atoms with Gasteiger partial charge in [-0.25, -0.2) is 0 Å². The Bertz CT molecular complexity index is 4080. The second-order valence-corrected chi connectivity index (χ2v) is 18.3. The number of hydrogen-bond donors (Lipinski definition) is 0. The maximum Gasteiger partial charge on any atom is 0.143 e. The maximum absolute atomic E-state index is 6.56. The van der Waals surface area contributed by atoms with E-state index in [2.05, 4.69) is 208 Å². The number of fused-ring (bicyclic) bond motifs is 13. The van der Waals surface area contributed by atoms with Crippen molar-refractivity contribution >= 4 is 76.2 Å². The SMILES string of the molecule is CC1(C)c2ccc(-c3ccc4oc5ccc(-c6c7ccccc7c(-c7ccc(-c8cccc9c8oc8ccccc89)cc7)c7ccccc67)cc5c4c3)cc2-c2c1ccc1ccccc21. The molecule has 0 atom stereocenters. The normalized spacial score (nSPS) is 13.2. The average Bonchev–Trinajstić information content (AvgIpc) is 4.00. The smallest absolute Gasteiger partial charge is 0.143 e. The summed E-state index contributed by atoms with van der Waals surface area (Å²) in [6.07, 6.45) is 0. The summed E-state index contributed by atoms with van der Waals surface area (Å²) in [5.74, 6) is 0. The van der Waals surface area contributed by atoms with Crippen molar-refractivity contribution in [3.05, 3.63) is 217 Å². The summed E-state index contributed by atoms with van der Waals surface area (Å²) in [6.45, 7) is 4.71. The molecular weight excluding hydrogens is 789 g/mol. The van der Waals surface area contributed by atoms with E-state index in [1.807, 2.05) is 12.1 Å². The van der Waals surface area contributed by atoms with E-state index in [0.717, 1.165) is 55.0 Å². The molecule has 0 unspecified atom stereocenters. The van der Waals surface area contributed by atoms with Crippen molar-refractivity contribution in [1.82, 2.24) is 0 Å². The molecule has 0 fully saturated rings. The molecule has 0 aliphatic heterocycles. The summed E-state index contributed by atoms with van der Waals surface area (Å²) in [5, 5.41) is 12.0. The van der Waals surface area contributed by atoms with E-state index in [1.165, 1.54) is 88.0 Å². The molecule has 0 saturated heterocycles. The second kappa shape index (κ2) is 13.4. The average molecular weight is 829 g/mol. The third-order valence-corrected chi connectivity index (χ3v) is 14.5. The molecule has 2 heteroatoms. The van der Waals surface area contributed by atoms with Gasteiger partial charge >= 0.3 is 0 Å². The molecule has 11 aromatic carbocycles. The highest BCUT2D eigenvalue weighted by molar-refractivity contribution is 6.22. The topological polar surface area (TPSA) is 26.3 Å². The minimum absolute atomic E-state index is 0.0714. The van der Waals surface area contributed by atoms with Crippen LogP contribution in [0.3, 0.4) is 0 Å². The molecule has 0 amide bonds. The van der Waals surface area contributed by atoms with Gasteiger partial charge in [0.25, 0.3) is 0 Å². The lowest BCUT2D eigenvalue weighted by atomic mass is 9.82. The molecule has 1 aliphatic carbocycles. The Morgan fingerprint density at radius 3 is 1.52 bits per heavy atom. The first-order valence-corrected chi connectivity index (χ1v) is 22.6. The van der Waals surface area contributed by atoms with E-state index in [9.17, 15) is 0 Å². The first-order chi connectivity index (χ1) is 32.0. The van der Waals surface area contributed by atoms with E-state index in [0.29, 0.717) is 0 Å². The van der Waals surface area contributed by atoms with E-state index < -0.39 is 0 Å². The zero-order valence-corrected chi connectivity index (χ0v) is 35.9.